The van der Waals surface area contributed by atoms with Gasteiger partial charge in [0.15, 0.2) is 11.6 Å². The number of benzene rings is 2. The number of rotatable bonds is 7. The molecule has 2 aromatic carbocycles. The summed E-state index contributed by atoms with van der Waals surface area (Å²) < 4.78 is 24.2. The second-order valence-corrected chi connectivity index (χ2v) is 7.25. The summed E-state index contributed by atoms with van der Waals surface area (Å²) in [5.41, 5.74) is 1.41. The standard InChI is InChI=1S/C19H17ClFN3O3S/c1-24(10-12-3-8-16(26-2)15(21)9-12)17(25)11-28-19-23-22-18(27-19)13-4-6-14(20)7-5-13/h3-9H,10-11H2,1-2H3. The van der Waals surface area contributed by atoms with Crippen LogP contribution in [0.4, 0.5) is 4.39 Å². The summed E-state index contributed by atoms with van der Waals surface area (Å²) in [5.74, 6) is 0.0373. The highest BCUT2D eigenvalue weighted by Gasteiger charge is 2.15. The Balaban J connectivity index is 1.55. The fourth-order valence-electron chi connectivity index (χ4n) is 2.38. The van der Waals surface area contributed by atoms with Crippen LogP contribution in [0.5, 0.6) is 5.75 Å². The molecular formula is C19H17ClFN3O3S. The van der Waals surface area contributed by atoms with Crippen LogP contribution in [-0.4, -0.2) is 40.9 Å². The molecule has 6 nitrogen and oxygen atoms in total. The summed E-state index contributed by atoms with van der Waals surface area (Å²) in [6.07, 6.45) is 0. The maximum Gasteiger partial charge on any atom is 0.277 e. The monoisotopic (exact) mass is 421 g/mol. The van der Waals surface area contributed by atoms with Crippen LogP contribution in [0, 0.1) is 5.82 Å². The maximum absolute atomic E-state index is 13.8. The first-order chi connectivity index (χ1) is 13.5. The molecular weight excluding hydrogens is 405 g/mol. The predicted octanol–water partition coefficient (Wildman–Crippen LogP) is 4.29. The van der Waals surface area contributed by atoms with Crippen LogP contribution in [0.3, 0.4) is 0 Å². The van der Waals surface area contributed by atoms with E-state index in [1.54, 1.807) is 37.4 Å². The Morgan fingerprint density at radius 1 is 1.25 bits per heavy atom. The van der Waals surface area contributed by atoms with E-state index in [9.17, 15) is 9.18 Å². The number of nitrogens with zero attached hydrogens (tertiary/aromatic N) is 3. The van der Waals surface area contributed by atoms with Gasteiger partial charge in [-0.25, -0.2) is 4.39 Å². The number of carbonyl (C=O) groups excluding carboxylic acids is 1. The largest absolute Gasteiger partial charge is 0.494 e. The van der Waals surface area contributed by atoms with Crippen molar-refractivity contribution in [3.8, 4) is 17.2 Å². The van der Waals surface area contributed by atoms with Crippen LogP contribution in [0.1, 0.15) is 5.56 Å². The van der Waals surface area contributed by atoms with Gasteiger partial charge in [-0.15, -0.1) is 10.2 Å². The van der Waals surface area contributed by atoms with Crippen molar-refractivity contribution < 1.29 is 18.3 Å². The van der Waals surface area contributed by atoms with Gasteiger partial charge in [-0.3, -0.25) is 4.79 Å². The van der Waals surface area contributed by atoms with E-state index in [-0.39, 0.29) is 24.0 Å². The third-order valence-electron chi connectivity index (χ3n) is 3.88. The number of methoxy groups -OCH3 is 1. The molecule has 0 bridgehead atoms. The number of aromatic nitrogens is 2. The lowest BCUT2D eigenvalue weighted by atomic mass is 10.2. The van der Waals surface area contributed by atoms with E-state index < -0.39 is 5.82 Å². The third kappa shape index (κ3) is 5.02. The lowest BCUT2D eigenvalue weighted by Gasteiger charge is -2.17. The Bertz CT molecular complexity index is 965. The summed E-state index contributed by atoms with van der Waals surface area (Å²) >= 11 is 7.00. The molecule has 0 atom stereocenters. The zero-order valence-corrected chi connectivity index (χ0v) is 16.8. The first kappa shape index (κ1) is 20.2. The van der Waals surface area contributed by atoms with E-state index in [1.165, 1.54) is 24.1 Å². The average molecular weight is 422 g/mol. The van der Waals surface area contributed by atoms with Gasteiger partial charge >= 0.3 is 0 Å². The van der Waals surface area contributed by atoms with Crippen molar-refractivity contribution in [2.75, 3.05) is 19.9 Å². The number of ether oxygens (including phenoxy) is 1. The lowest BCUT2D eigenvalue weighted by Crippen LogP contribution is -2.27. The normalized spacial score (nSPS) is 10.7. The van der Waals surface area contributed by atoms with E-state index in [4.69, 9.17) is 20.8 Å². The van der Waals surface area contributed by atoms with Crippen molar-refractivity contribution in [1.29, 1.82) is 0 Å². The van der Waals surface area contributed by atoms with Gasteiger partial charge in [0.2, 0.25) is 11.8 Å². The summed E-state index contributed by atoms with van der Waals surface area (Å²) in [4.78, 5) is 13.8. The second kappa shape index (κ2) is 9.07. The van der Waals surface area contributed by atoms with E-state index in [2.05, 4.69) is 10.2 Å². The van der Waals surface area contributed by atoms with Gasteiger partial charge in [0.1, 0.15) is 0 Å². The zero-order valence-electron chi connectivity index (χ0n) is 15.2. The fraction of sp³-hybridized carbons (Fsp3) is 0.211. The predicted molar refractivity (Wildman–Crippen MR) is 105 cm³/mol. The molecule has 0 aliphatic carbocycles. The minimum absolute atomic E-state index is 0.122. The molecule has 0 unspecified atom stereocenters. The molecule has 0 radical (unpaired) electrons. The maximum atomic E-state index is 13.8. The first-order valence-electron chi connectivity index (χ1n) is 8.25. The van der Waals surface area contributed by atoms with Gasteiger partial charge in [-0.1, -0.05) is 29.4 Å². The van der Waals surface area contributed by atoms with Crippen LogP contribution in [0.2, 0.25) is 5.02 Å². The number of hydrogen-bond donors (Lipinski definition) is 0. The van der Waals surface area contributed by atoms with Gasteiger partial charge in [0, 0.05) is 24.2 Å². The van der Waals surface area contributed by atoms with Gasteiger partial charge in [-0.05, 0) is 42.0 Å². The van der Waals surface area contributed by atoms with Crippen LogP contribution in [0.15, 0.2) is 52.1 Å². The molecule has 1 aromatic heterocycles. The molecule has 3 rings (SSSR count). The molecule has 1 amide bonds. The van der Waals surface area contributed by atoms with Crippen molar-refractivity contribution >= 4 is 29.3 Å². The Morgan fingerprint density at radius 2 is 2.00 bits per heavy atom. The van der Waals surface area contributed by atoms with Gasteiger partial charge in [-0.2, -0.15) is 0 Å². The molecule has 0 fully saturated rings. The number of carbonyl (C=O) groups is 1. The minimum atomic E-state index is -0.462. The van der Waals surface area contributed by atoms with Crippen LogP contribution >= 0.6 is 23.4 Å². The Labute approximate surface area is 170 Å². The quantitative estimate of drug-likeness (QED) is 0.530. The van der Waals surface area contributed by atoms with Gasteiger partial charge < -0.3 is 14.1 Å². The summed E-state index contributed by atoms with van der Waals surface area (Å²) in [7, 11) is 3.05. The zero-order chi connectivity index (χ0) is 20.1. The molecule has 0 spiro atoms. The van der Waals surface area contributed by atoms with Crippen LogP contribution in [0.25, 0.3) is 11.5 Å². The third-order valence-corrected chi connectivity index (χ3v) is 4.93. The van der Waals surface area contributed by atoms with Crippen LogP contribution in [-0.2, 0) is 11.3 Å². The fourth-order valence-corrected chi connectivity index (χ4v) is 3.21. The number of thioether (sulfide) groups is 1. The smallest absolute Gasteiger partial charge is 0.277 e. The number of amides is 1. The molecule has 146 valence electrons. The second-order valence-electron chi connectivity index (χ2n) is 5.89. The Morgan fingerprint density at radius 3 is 2.68 bits per heavy atom. The van der Waals surface area contributed by atoms with E-state index in [0.29, 0.717) is 21.7 Å². The molecule has 28 heavy (non-hydrogen) atoms. The van der Waals surface area contributed by atoms with E-state index in [0.717, 1.165) is 17.3 Å². The molecule has 9 heteroatoms. The molecule has 0 aliphatic heterocycles. The molecule has 0 N–H and O–H groups in total. The SMILES string of the molecule is COc1ccc(CN(C)C(=O)CSc2nnc(-c3ccc(Cl)cc3)o2)cc1F. The molecule has 0 aliphatic rings. The molecule has 0 saturated heterocycles. The average Bonchev–Trinajstić information content (AvgIpc) is 3.16. The van der Waals surface area contributed by atoms with E-state index in [1.807, 2.05) is 0 Å². The Kier molecular flexibility index (Phi) is 6.53. The van der Waals surface area contributed by atoms with Crippen molar-refractivity contribution in [3.05, 3.63) is 58.9 Å². The molecule has 1 heterocycles. The van der Waals surface area contributed by atoms with Crippen molar-refractivity contribution in [1.82, 2.24) is 15.1 Å². The van der Waals surface area contributed by atoms with Crippen molar-refractivity contribution in [2.45, 2.75) is 11.8 Å². The van der Waals surface area contributed by atoms with Gasteiger partial charge in [0.25, 0.3) is 5.22 Å². The number of halogens is 2. The van der Waals surface area contributed by atoms with Crippen molar-refractivity contribution in [2.24, 2.45) is 0 Å². The van der Waals surface area contributed by atoms with Gasteiger partial charge in [0.05, 0.1) is 12.9 Å². The van der Waals surface area contributed by atoms with Crippen LogP contribution < -0.4 is 4.74 Å². The highest BCUT2D eigenvalue weighted by atomic mass is 35.5. The summed E-state index contributed by atoms with van der Waals surface area (Å²) in [5, 5.41) is 8.82. The Hall–Kier alpha value is -2.58. The highest BCUT2D eigenvalue weighted by Crippen LogP contribution is 2.25. The minimum Gasteiger partial charge on any atom is -0.494 e. The summed E-state index contributed by atoms with van der Waals surface area (Å²) in [6.45, 7) is 0.278. The first-order valence-corrected chi connectivity index (χ1v) is 9.61. The topological polar surface area (TPSA) is 68.5 Å². The summed E-state index contributed by atoms with van der Waals surface area (Å²) in [6, 6.07) is 11.6. The van der Waals surface area contributed by atoms with E-state index >= 15 is 0 Å². The molecule has 0 saturated carbocycles. The highest BCUT2D eigenvalue weighted by molar-refractivity contribution is 7.99. The number of hydrogen-bond acceptors (Lipinski definition) is 6. The molecule has 3 aromatic rings. The van der Waals surface area contributed by atoms with Crippen molar-refractivity contribution in [3.63, 3.8) is 0 Å². The lowest BCUT2D eigenvalue weighted by molar-refractivity contribution is -0.127.